The van der Waals surface area contributed by atoms with Crippen LogP contribution >= 0.6 is 0 Å². The Hall–Kier alpha value is -1.03. The molecule has 0 aliphatic carbocycles. The third-order valence-electron chi connectivity index (χ3n) is 1.29. The topological polar surface area (TPSA) is 447 Å². The maximum atomic E-state index is 10.3. The Morgan fingerprint density at radius 3 is 0.833 bits per heavy atom. The summed E-state index contributed by atoms with van der Waals surface area (Å²) in [5, 5.41) is 33.8. The zero-order valence-electron chi connectivity index (χ0n) is 12.4. The van der Waals surface area contributed by atoms with Gasteiger partial charge in [-0.15, -0.1) is 0 Å². The fourth-order valence-electron chi connectivity index (χ4n) is 0.714. The van der Waals surface area contributed by atoms with E-state index >= 15 is 0 Å². The van der Waals surface area contributed by atoms with Crippen LogP contribution in [0.5, 0.6) is 0 Å². The number of hydrogen-bond acceptors (Lipinski definition) is 4. The summed E-state index contributed by atoms with van der Waals surface area (Å²) >= 11 is 0. The minimum Gasteiger partial charge on any atom is -0.481 e. The van der Waals surface area contributed by atoms with Crippen molar-refractivity contribution in [2.24, 2.45) is 0 Å². The fraction of sp³-hybridized carbons (Fsp3) is 0.500. The van der Waals surface area contributed by atoms with Gasteiger partial charge in [0.25, 0.3) is 0 Å². The number of carbonyl (C=O) groups is 3. The second-order valence-corrected chi connectivity index (χ2v) is 2.48. The van der Waals surface area contributed by atoms with Gasteiger partial charge in [-0.25, -0.2) is 4.79 Å². The SMILES string of the molecule is O.O.O.O.O.O.O.O.O.O.O=C(O)CC(O)(CC(=O)O)C(=O)O.[Na+]. The van der Waals surface area contributed by atoms with Crippen molar-refractivity contribution in [3.05, 3.63) is 0 Å². The van der Waals surface area contributed by atoms with Crippen molar-refractivity contribution in [1.29, 1.82) is 0 Å². The molecule has 0 amide bonds. The normalized spacial score (nSPS) is 5.88. The van der Waals surface area contributed by atoms with Crippen LogP contribution in [0.2, 0.25) is 0 Å². The summed E-state index contributed by atoms with van der Waals surface area (Å²) in [6.45, 7) is 0. The van der Waals surface area contributed by atoms with E-state index in [9.17, 15) is 14.4 Å². The quantitative estimate of drug-likeness (QED) is 0.325. The zero-order chi connectivity index (χ0) is 10.6. The van der Waals surface area contributed by atoms with E-state index in [1.807, 2.05) is 0 Å². The molecule has 0 spiro atoms. The van der Waals surface area contributed by atoms with Gasteiger partial charge in [-0.3, -0.25) is 9.59 Å². The summed E-state index contributed by atoms with van der Waals surface area (Å²) in [6, 6.07) is 0. The van der Waals surface area contributed by atoms with E-state index < -0.39 is 36.4 Å². The average molecular weight is 395 g/mol. The van der Waals surface area contributed by atoms with E-state index in [1.165, 1.54) is 0 Å². The van der Waals surface area contributed by atoms with Crippen molar-refractivity contribution < 1.29 is 119 Å². The summed E-state index contributed by atoms with van der Waals surface area (Å²) in [4.78, 5) is 30.5. The van der Waals surface area contributed by atoms with Gasteiger partial charge in [0.15, 0.2) is 5.60 Å². The summed E-state index contributed by atoms with van der Waals surface area (Å²) in [5.74, 6) is -5.02. The number of aliphatic hydroxyl groups is 1. The minimum absolute atomic E-state index is 0. The van der Waals surface area contributed by atoms with Crippen LogP contribution in [0.15, 0.2) is 0 Å². The van der Waals surface area contributed by atoms with E-state index in [0.29, 0.717) is 0 Å². The molecule has 0 saturated carbocycles. The molecule has 0 heterocycles. The average Bonchev–Trinajstić information content (AvgIpc) is 1.82. The predicted octanol–water partition coefficient (Wildman–Crippen LogP) is -12.5. The fourth-order valence-corrected chi connectivity index (χ4v) is 0.714. The Labute approximate surface area is 155 Å². The van der Waals surface area contributed by atoms with Crippen LogP contribution in [0, 0.1) is 0 Å². The molecule has 0 radical (unpaired) electrons. The molecule has 0 fully saturated rings. The van der Waals surface area contributed by atoms with Crippen LogP contribution in [-0.4, -0.2) is 98.7 Å². The van der Waals surface area contributed by atoms with E-state index in [1.54, 1.807) is 0 Å². The Balaban J connectivity index is -0.0000000131. The molecule has 0 aliphatic rings. The van der Waals surface area contributed by atoms with Gasteiger partial charge in [-0.05, 0) is 0 Å². The Bertz CT molecular complexity index is 239. The standard InChI is InChI=1S/C6H8O7.Na.10H2O/c7-3(8)1-6(13,5(11)12)2-4(9)10;;;;;;;;;;;/h13H,1-2H2,(H,7,8)(H,9,10)(H,11,12);;10*1H2/q;+1;;;;;;;;;;. The van der Waals surface area contributed by atoms with E-state index in [4.69, 9.17) is 20.4 Å². The Morgan fingerprint density at radius 2 is 0.750 bits per heavy atom. The molecule has 0 aromatic heterocycles. The first kappa shape index (κ1) is 92.1. The molecule has 154 valence electrons. The van der Waals surface area contributed by atoms with Gasteiger partial charge in [0, 0.05) is 0 Å². The number of carboxylic acids is 3. The molecule has 0 aliphatic heterocycles. The molecule has 0 rings (SSSR count). The van der Waals surface area contributed by atoms with Gasteiger partial charge in [-0.1, -0.05) is 0 Å². The van der Waals surface area contributed by atoms with Crippen LogP contribution in [0.25, 0.3) is 0 Å². The summed E-state index contributed by atoms with van der Waals surface area (Å²) < 4.78 is 0. The van der Waals surface area contributed by atoms with Crippen molar-refractivity contribution in [3.63, 3.8) is 0 Å². The molecule has 18 heteroatoms. The van der Waals surface area contributed by atoms with Crippen LogP contribution in [-0.2, 0) is 14.4 Å². The third-order valence-corrected chi connectivity index (χ3v) is 1.29. The minimum atomic E-state index is -2.74. The van der Waals surface area contributed by atoms with Crippen molar-refractivity contribution >= 4 is 17.9 Å². The van der Waals surface area contributed by atoms with Gasteiger partial charge in [0.2, 0.25) is 0 Å². The van der Waals surface area contributed by atoms with Gasteiger partial charge < -0.3 is 75.2 Å². The van der Waals surface area contributed by atoms with Crippen LogP contribution in [0.4, 0.5) is 0 Å². The van der Waals surface area contributed by atoms with E-state index in [2.05, 4.69) is 0 Å². The molecular formula is C6H28NaO17+. The molecule has 0 bridgehead atoms. The molecule has 17 nitrogen and oxygen atoms in total. The molecule has 0 aromatic rings. The van der Waals surface area contributed by atoms with Gasteiger partial charge in [0.1, 0.15) is 0 Å². The first-order valence-electron chi connectivity index (χ1n) is 3.17. The largest absolute Gasteiger partial charge is 1.00 e. The van der Waals surface area contributed by atoms with Gasteiger partial charge in [-0.2, -0.15) is 0 Å². The first-order valence-corrected chi connectivity index (χ1v) is 3.17. The first-order chi connectivity index (χ1) is 5.78. The van der Waals surface area contributed by atoms with Gasteiger partial charge >= 0.3 is 47.5 Å². The number of hydrogen-bond donors (Lipinski definition) is 4. The third kappa shape index (κ3) is 37.3. The number of aliphatic carboxylic acids is 3. The van der Waals surface area contributed by atoms with Crippen molar-refractivity contribution in [2.75, 3.05) is 0 Å². The second-order valence-electron chi connectivity index (χ2n) is 2.48. The maximum Gasteiger partial charge on any atom is 1.00 e. The molecule has 0 saturated heterocycles. The second kappa shape index (κ2) is 37.9. The van der Waals surface area contributed by atoms with Crippen LogP contribution in [0.3, 0.4) is 0 Å². The monoisotopic (exact) mass is 395 g/mol. The van der Waals surface area contributed by atoms with Crippen molar-refractivity contribution in [2.45, 2.75) is 18.4 Å². The number of carboxylic acid groups (broad SMARTS) is 3. The van der Waals surface area contributed by atoms with E-state index in [-0.39, 0.29) is 84.3 Å². The number of rotatable bonds is 5. The molecule has 24 heavy (non-hydrogen) atoms. The van der Waals surface area contributed by atoms with Crippen molar-refractivity contribution in [1.82, 2.24) is 0 Å². The predicted molar refractivity (Wildman–Crippen MR) is 73.2 cm³/mol. The van der Waals surface area contributed by atoms with Gasteiger partial charge in [0.05, 0.1) is 12.8 Å². The maximum absolute atomic E-state index is 10.3. The molecular weight excluding hydrogens is 367 g/mol. The smallest absolute Gasteiger partial charge is 0.481 e. The zero-order valence-corrected chi connectivity index (χ0v) is 14.4. The van der Waals surface area contributed by atoms with E-state index in [0.717, 1.165) is 0 Å². The van der Waals surface area contributed by atoms with Crippen LogP contribution in [0.1, 0.15) is 12.8 Å². The summed E-state index contributed by atoms with van der Waals surface area (Å²) in [7, 11) is 0. The Kier molecular flexibility index (Phi) is 145. The molecule has 0 aromatic carbocycles. The van der Waals surface area contributed by atoms with Crippen molar-refractivity contribution in [3.8, 4) is 0 Å². The molecule has 0 unspecified atom stereocenters. The molecule has 0 atom stereocenters. The molecule has 24 N–H and O–H groups in total. The summed E-state index contributed by atoms with van der Waals surface area (Å²) in [5.41, 5.74) is -2.74. The summed E-state index contributed by atoms with van der Waals surface area (Å²) in [6.07, 6.45) is -2.29. The van der Waals surface area contributed by atoms with Crippen LogP contribution < -0.4 is 29.6 Å². The Morgan fingerprint density at radius 1 is 0.583 bits per heavy atom.